The Morgan fingerprint density at radius 2 is 1.91 bits per heavy atom. The molecule has 32 heavy (non-hydrogen) atoms. The van der Waals surface area contributed by atoms with E-state index in [0.29, 0.717) is 12.1 Å². The number of likely N-dealkylation sites (tertiary alicyclic amines) is 1. The first-order chi connectivity index (χ1) is 15.2. The lowest BCUT2D eigenvalue weighted by Crippen LogP contribution is -2.40. The van der Waals surface area contributed by atoms with Crippen molar-refractivity contribution in [3.05, 3.63) is 52.2 Å². The van der Waals surface area contributed by atoms with Gasteiger partial charge in [0.15, 0.2) is 0 Å². The van der Waals surface area contributed by atoms with Crippen LogP contribution in [0, 0.1) is 5.41 Å². The van der Waals surface area contributed by atoms with Gasteiger partial charge in [-0.25, -0.2) is 12.7 Å². The van der Waals surface area contributed by atoms with E-state index in [1.165, 1.54) is 17.4 Å². The Kier molecular flexibility index (Phi) is 6.42. The summed E-state index contributed by atoms with van der Waals surface area (Å²) in [6.07, 6.45) is 3.56. The number of carbonyl (C=O) groups excluding carboxylic acids is 2. The maximum atomic E-state index is 13.0. The number of sulfonamides is 1. The standard InChI is InChI=1S/C23H29N3O4S2/c1-23(2)16-32(29,30)26(22(23)28)18-9-6-8-17(14-18)21(27)24-15-19(20-10-7-13-31-20)25-11-4-3-5-12-25/h6-10,13-14,19H,3-5,11-12,15-16H2,1-2H3,(H,24,27). The number of rotatable bonds is 6. The van der Waals surface area contributed by atoms with Crippen LogP contribution in [0.15, 0.2) is 41.8 Å². The van der Waals surface area contributed by atoms with Gasteiger partial charge in [-0.2, -0.15) is 0 Å². The summed E-state index contributed by atoms with van der Waals surface area (Å²) < 4.78 is 26.0. The molecule has 9 heteroatoms. The van der Waals surface area contributed by atoms with Crippen molar-refractivity contribution in [1.82, 2.24) is 10.2 Å². The largest absolute Gasteiger partial charge is 0.350 e. The van der Waals surface area contributed by atoms with Gasteiger partial charge in [0, 0.05) is 17.0 Å². The molecule has 2 aliphatic rings. The number of thiophene rings is 1. The Bertz CT molecular complexity index is 1090. The molecular formula is C23H29N3O4S2. The van der Waals surface area contributed by atoms with Crippen LogP contribution < -0.4 is 9.62 Å². The van der Waals surface area contributed by atoms with E-state index in [9.17, 15) is 18.0 Å². The molecule has 1 aromatic carbocycles. The van der Waals surface area contributed by atoms with Gasteiger partial charge >= 0.3 is 0 Å². The Morgan fingerprint density at radius 3 is 2.53 bits per heavy atom. The molecule has 3 heterocycles. The van der Waals surface area contributed by atoms with Gasteiger partial charge in [-0.3, -0.25) is 14.5 Å². The summed E-state index contributed by atoms with van der Waals surface area (Å²) in [5, 5.41) is 5.07. The smallest absolute Gasteiger partial charge is 0.251 e. The molecule has 0 radical (unpaired) electrons. The highest BCUT2D eigenvalue weighted by Gasteiger charge is 2.50. The normalized spacial score (nSPS) is 21.4. The molecule has 172 valence electrons. The van der Waals surface area contributed by atoms with Gasteiger partial charge in [0.1, 0.15) is 0 Å². The third-order valence-corrected chi connectivity index (χ3v) is 9.08. The quantitative estimate of drug-likeness (QED) is 0.692. The van der Waals surface area contributed by atoms with Gasteiger partial charge in [0.2, 0.25) is 15.9 Å². The van der Waals surface area contributed by atoms with E-state index < -0.39 is 21.3 Å². The number of anilines is 1. The lowest BCUT2D eigenvalue weighted by molar-refractivity contribution is -0.123. The summed E-state index contributed by atoms with van der Waals surface area (Å²) in [6.45, 7) is 5.73. The Morgan fingerprint density at radius 1 is 1.16 bits per heavy atom. The second-order valence-corrected chi connectivity index (χ2v) is 11.9. The number of benzene rings is 1. The fourth-order valence-electron chi connectivity index (χ4n) is 4.45. The monoisotopic (exact) mass is 475 g/mol. The number of piperidine rings is 1. The average molecular weight is 476 g/mol. The van der Waals surface area contributed by atoms with Crippen LogP contribution in [0.5, 0.6) is 0 Å². The van der Waals surface area contributed by atoms with Crippen molar-refractivity contribution in [2.75, 3.05) is 29.7 Å². The Hall–Kier alpha value is -2.23. The van der Waals surface area contributed by atoms with Gasteiger partial charge in [-0.15, -0.1) is 11.3 Å². The van der Waals surface area contributed by atoms with E-state index in [-0.39, 0.29) is 23.4 Å². The van der Waals surface area contributed by atoms with Crippen molar-refractivity contribution in [2.24, 2.45) is 5.41 Å². The first-order valence-corrected chi connectivity index (χ1v) is 13.4. The predicted octanol–water partition coefficient (Wildman–Crippen LogP) is 3.41. The second-order valence-electron chi connectivity index (χ2n) is 9.10. The minimum atomic E-state index is -3.76. The average Bonchev–Trinajstić information content (AvgIpc) is 3.33. The van der Waals surface area contributed by atoms with Gasteiger partial charge in [0.25, 0.3) is 5.91 Å². The molecule has 2 aromatic rings. The summed E-state index contributed by atoms with van der Waals surface area (Å²) in [5.74, 6) is -1.00. The Labute approximate surface area is 193 Å². The van der Waals surface area contributed by atoms with Crippen molar-refractivity contribution < 1.29 is 18.0 Å². The molecule has 4 rings (SSSR count). The van der Waals surface area contributed by atoms with E-state index in [1.54, 1.807) is 43.4 Å². The fraction of sp³-hybridized carbons (Fsp3) is 0.478. The first-order valence-electron chi connectivity index (χ1n) is 10.9. The number of carbonyl (C=O) groups is 2. The topological polar surface area (TPSA) is 86.8 Å². The molecule has 1 atom stereocenters. The van der Waals surface area contributed by atoms with Crippen molar-refractivity contribution in [2.45, 2.75) is 39.2 Å². The van der Waals surface area contributed by atoms with Crippen LogP contribution in [0.1, 0.15) is 54.4 Å². The van der Waals surface area contributed by atoms with Crippen LogP contribution in [-0.4, -0.2) is 50.5 Å². The SMILES string of the molecule is CC1(C)CS(=O)(=O)N(c2cccc(C(=O)NCC(c3cccs3)N3CCCCC3)c2)C1=O. The molecule has 2 fully saturated rings. The summed E-state index contributed by atoms with van der Waals surface area (Å²) in [7, 11) is -3.76. The van der Waals surface area contributed by atoms with Crippen molar-refractivity contribution >= 4 is 38.9 Å². The molecule has 0 aliphatic carbocycles. The zero-order valence-corrected chi connectivity index (χ0v) is 20.0. The van der Waals surface area contributed by atoms with Crippen molar-refractivity contribution in [1.29, 1.82) is 0 Å². The van der Waals surface area contributed by atoms with Crippen LogP contribution in [0.4, 0.5) is 5.69 Å². The molecule has 2 saturated heterocycles. The summed E-state index contributed by atoms with van der Waals surface area (Å²) in [6, 6.07) is 10.5. The highest BCUT2D eigenvalue weighted by Crippen LogP contribution is 2.36. The van der Waals surface area contributed by atoms with Gasteiger partial charge in [-0.1, -0.05) is 18.6 Å². The van der Waals surface area contributed by atoms with E-state index in [2.05, 4.69) is 16.3 Å². The first kappa shape index (κ1) is 22.9. The highest BCUT2D eigenvalue weighted by molar-refractivity contribution is 7.94. The van der Waals surface area contributed by atoms with Crippen LogP contribution in [0.2, 0.25) is 0 Å². The predicted molar refractivity (Wildman–Crippen MR) is 126 cm³/mol. The molecule has 0 bridgehead atoms. The molecule has 0 saturated carbocycles. The third-order valence-electron chi connectivity index (χ3n) is 6.09. The minimum absolute atomic E-state index is 0.115. The minimum Gasteiger partial charge on any atom is -0.350 e. The molecule has 2 amide bonds. The van der Waals surface area contributed by atoms with E-state index in [4.69, 9.17) is 0 Å². The van der Waals surface area contributed by atoms with Crippen LogP contribution in [0.25, 0.3) is 0 Å². The lowest BCUT2D eigenvalue weighted by Gasteiger charge is -2.34. The van der Waals surface area contributed by atoms with E-state index in [0.717, 1.165) is 30.2 Å². The van der Waals surface area contributed by atoms with E-state index >= 15 is 0 Å². The lowest BCUT2D eigenvalue weighted by atomic mass is 9.95. The summed E-state index contributed by atoms with van der Waals surface area (Å²) >= 11 is 1.69. The van der Waals surface area contributed by atoms with Gasteiger partial charge in [-0.05, 0) is 69.4 Å². The number of hydrogen-bond acceptors (Lipinski definition) is 6. The molecule has 7 nitrogen and oxygen atoms in total. The number of hydrogen-bond donors (Lipinski definition) is 1. The number of amides is 2. The zero-order valence-electron chi connectivity index (χ0n) is 18.4. The van der Waals surface area contributed by atoms with Gasteiger partial charge in [0.05, 0.1) is 22.9 Å². The second kappa shape index (κ2) is 8.96. The van der Waals surface area contributed by atoms with E-state index in [1.807, 2.05) is 11.4 Å². The molecule has 2 aliphatic heterocycles. The third kappa shape index (κ3) is 4.60. The number of nitrogens with one attached hydrogen (secondary N) is 1. The molecule has 1 unspecified atom stereocenters. The summed E-state index contributed by atoms with van der Waals surface area (Å²) in [5.41, 5.74) is -0.447. The van der Waals surface area contributed by atoms with Gasteiger partial charge < -0.3 is 5.32 Å². The maximum Gasteiger partial charge on any atom is 0.251 e. The molecule has 1 aromatic heterocycles. The molecule has 0 spiro atoms. The molecule has 1 N–H and O–H groups in total. The van der Waals surface area contributed by atoms with Crippen LogP contribution >= 0.6 is 11.3 Å². The highest BCUT2D eigenvalue weighted by atomic mass is 32.2. The van der Waals surface area contributed by atoms with Crippen molar-refractivity contribution in [3.63, 3.8) is 0 Å². The zero-order chi connectivity index (χ0) is 22.9. The maximum absolute atomic E-state index is 13.0. The van der Waals surface area contributed by atoms with Crippen molar-refractivity contribution in [3.8, 4) is 0 Å². The van der Waals surface area contributed by atoms with Crippen LogP contribution in [0.3, 0.4) is 0 Å². The molecular weight excluding hydrogens is 446 g/mol. The Balaban J connectivity index is 1.51. The fourth-order valence-corrected chi connectivity index (χ4v) is 7.41. The summed E-state index contributed by atoms with van der Waals surface area (Å²) in [4.78, 5) is 29.3. The number of nitrogens with zero attached hydrogens (tertiary/aromatic N) is 2. The van der Waals surface area contributed by atoms with Crippen LogP contribution in [-0.2, 0) is 14.8 Å².